The molecule has 23 heavy (non-hydrogen) atoms. The average molecular weight is 362 g/mol. The topological polar surface area (TPSA) is 75.0 Å². The molecule has 1 saturated heterocycles. The predicted octanol–water partition coefficient (Wildman–Crippen LogP) is 1.15. The van der Waals surface area contributed by atoms with Crippen LogP contribution in [0.4, 0.5) is 4.39 Å². The molecule has 6 nitrogen and oxygen atoms in total. The Kier molecular flexibility index (Phi) is 6.32. The Morgan fingerprint density at radius 3 is 2.96 bits per heavy atom. The van der Waals surface area contributed by atoms with Gasteiger partial charge in [-0.3, -0.25) is 0 Å². The van der Waals surface area contributed by atoms with Crippen LogP contribution in [0.15, 0.2) is 24.4 Å². The maximum atomic E-state index is 13.0. The van der Waals surface area contributed by atoms with E-state index in [2.05, 4.69) is 20.9 Å². The number of nitrogens with one attached hydrogen (secondary N) is 2. The standard InChI is InChI=1S/C14H17ClFN5O.ClH/c15-12-3-10(16)1-2-13(12)21-8-11(19-20-21)6-17-4-9-5-18-7-14(9)22;/h1-3,8-9,14,17-18,22H,4-7H2;1H. The minimum atomic E-state index is -0.389. The number of β-amino-alcohol motifs (C(OH)–C–C–N with tert-alkyl or cyclic N) is 1. The van der Waals surface area contributed by atoms with Crippen LogP contribution in [0.5, 0.6) is 0 Å². The Hall–Kier alpha value is -1.25. The molecule has 0 aliphatic carbocycles. The molecule has 1 aromatic carbocycles. The van der Waals surface area contributed by atoms with Gasteiger partial charge in [0.25, 0.3) is 0 Å². The zero-order valence-corrected chi connectivity index (χ0v) is 13.8. The maximum absolute atomic E-state index is 13.0. The van der Waals surface area contributed by atoms with Gasteiger partial charge in [-0.15, -0.1) is 17.5 Å². The summed E-state index contributed by atoms with van der Waals surface area (Å²) in [6, 6.07) is 4.13. The van der Waals surface area contributed by atoms with Crippen molar-refractivity contribution in [2.45, 2.75) is 12.6 Å². The maximum Gasteiger partial charge on any atom is 0.124 e. The van der Waals surface area contributed by atoms with Crippen LogP contribution in [0.1, 0.15) is 5.69 Å². The molecule has 1 aliphatic rings. The van der Waals surface area contributed by atoms with Gasteiger partial charge in [0.2, 0.25) is 0 Å². The Balaban J connectivity index is 0.00000192. The number of nitrogens with zero attached hydrogens (tertiary/aromatic N) is 3. The van der Waals surface area contributed by atoms with Crippen molar-refractivity contribution < 1.29 is 9.50 Å². The van der Waals surface area contributed by atoms with E-state index in [-0.39, 0.29) is 35.3 Å². The Labute approximate surface area is 144 Å². The molecule has 2 unspecified atom stereocenters. The van der Waals surface area contributed by atoms with Crippen LogP contribution in [-0.4, -0.2) is 45.8 Å². The molecular formula is C14H18Cl2FN5O. The van der Waals surface area contributed by atoms with Gasteiger partial charge in [-0.1, -0.05) is 16.8 Å². The number of halogens is 3. The molecule has 0 amide bonds. The van der Waals surface area contributed by atoms with Crippen molar-refractivity contribution in [1.82, 2.24) is 25.6 Å². The van der Waals surface area contributed by atoms with Gasteiger partial charge in [-0.05, 0) is 18.2 Å². The zero-order chi connectivity index (χ0) is 15.5. The highest BCUT2D eigenvalue weighted by atomic mass is 35.5. The van der Waals surface area contributed by atoms with E-state index in [1.165, 1.54) is 16.8 Å². The minimum Gasteiger partial charge on any atom is -0.391 e. The second-order valence-electron chi connectivity index (χ2n) is 5.37. The highest BCUT2D eigenvalue weighted by molar-refractivity contribution is 6.32. The number of benzene rings is 1. The summed E-state index contributed by atoms with van der Waals surface area (Å²) in [5.41, 5.74) is 1.33. The van der Waals surface area contributed by atoms with E-state index < -0.39 is 0 Å². The molecule has 0 radical (unpaired) electrons. The fraction of sp³-hybridized carbons (Fsp3) is 0.429. The van der Waals surface area contributed by atoms with Gasteiger partial charge in [-0.25, -0.2) is 9.07 Å². The van der Waals surface area contributed by atoms with Crippen LogP contribution in [0.2, 0.25) is 5.02 Å². The monoisotopic (exact) mass is 361 g/mol. The van der Waals surface area contributed by atoms with Gasteiger partial charge in [-0.2, -0.15) is 0 Å². The number of aliphatic hydroxyl groups excluding tert-OH is 1. The van der Waals surface area contributed by atoms with Crippen LogP contribution in [-0.2, 0) is 6.54 Å². The van der Waals surface area contributed by atoms with Crippen LogP contribution in [0, 0.1) is 11.7 Å². The summed E-state index contributed by atoms with van der Waals surface area (Å²) in [6.45, 7) is 2.71. The predicted molar refractivity (Wildman–Crippen MR) is 87.6 cm³/mol. The van der Waals surface area contributed by atoms with Gasteiger partial charge in [0.15, 0.2) is 0 Å². The third-order valence-corrected chi connectivity index (χ3v) is 4.02. The number of hydrogen-bond donors (Lipinski definition) is 3. The minimum absolute atomic E-state index is 0. The fourth-order valence-corrected chi connectivity index (χ4v) is 2.73. The summed E-state index contributed by atoms with van der Waals surface area (Å²) in [7, 11) is 0. The van der Waals surface area contributed by atoms with Crippen molar-refractivity contribution in [3.63, 3.8) is 0 Å². The largest absolute Gasteiger partial charge is 0.391 e. The Bertz CT molecular complexity index is 654. The first-order valence-corrected chi connectivity index (χ1v) is 7.47. The second-order valence-corrected chi connectivity index (χ2v) is 5.77. The van der Waals surface area contributed by atoms with E-state index in [1.54, 1.807) is 12.3 Å². The highest BCUT2D eigenvalue weighted by Crippen LogP contribution is 2.20. The molecule has 1 aliphatic heterocycles. The third kappa shape index (κ3) is 4.39. The normalized spacial score (nSPS) is 20.5. The van der Waals surface area contributed by atoms with Crippen molar-refractivity contribution in [2.75, 3.05) is 19.6 Å². The summed E-state index contributed by atoms with van der Waals surface area (Å²) < 4.78 is 14.6. The molecule has 1 fully saturated rings. The molecule has 9 heteroatoms. The molecule has 2 aromatic rings. The lowest BCUT2D eigenvalue weighted by molar-refractivity contribution is 0.146. The summed E-state index contributed by atoms with van der Waals surface area (Å²) >= 11 is 6.00. The molecule has 1 aromatic heterocycles. The Morgan fingerprint density at radius 2 is 2.26 bits per heavy atom. The molecule has 2 heterocycles. The van der Waals surface area contributed by atoms with E-state index in [4.69, 9.17) is 11.6 Å². The molecule has 0 saturated carbocycles. The van der Waals surface area contributed by atoms with Crippen molar-refractivity contribution in [1.29, 1.82) is 0 Å². The number of rotatable bonds is 5. The molecule has 3 rings (SSSR count). The summed E-state index contributed by atoms with van der Waals surface area (Å²) in [5, 5.41) is 24.4. The van der Waals surface area contributed by atoms with Crippen LogP contribution < -0.4 is 10.6 Å². The van der Waals surface area contributed by atoms with Gasteiger partial charge in [0.1, 0.15) is 5.82 Å². The lowest BCUT2D eigenvalue weighted by atomic mass is 10.1. The van der Waals surface area contributed by atoms with Crippen molar-refractivity contribution in [2.24, 2.45) is 5.92 Å². The molecular weight excluding hydrogens is 344 g/mol. The highest BCUT2D eigenvalue weighted by Gasteiger charge is 2.24. The molecule has 0 spiro atoms. The van der Waals surface area contributed by atoms with Crippen LogP contribution in [0.3, 0.4) is 0 Å². The molecule has 0 bridgehead atoms. The lowest BCUT2D eigenvalue weighted by Gasteiger charge is -2.13. The van der Waals surface area contributed by atoms with E-state index in [0.29, 0.717) is 25.3 Å². The van der Waals surface area contributed by atoms with Gasteiger partial charge < -0.3 is 15.7 Å². The number of aliphatic hydroxyl groups is 1. The molecule has 126 valence electrons. The number of hydrogen-bond acceptors (Lipinski definition) is 5. The third-order valence-electron chi connectivity index (χ3n) is 3.71. The number of aromatic nitrogens is 3. The Morgan fingerprint density at radius 1 is 1.43 bits per heavy atom. The van der Waals surface area contributed by atoms with Crippen molar-refractivity contribution >= 4 is 24.0 Å². The van der Waals surface area contributed by atoms with E-state index in [9.17, 15) is 9.50 Å². The van der Waals surface area contributed by atoms with Gasteiger partial charge >= 0.3 is 0 Å². The first kappa shape index (κ1) is 18.1. The van der Waals surface area contributed by atoms with E-state index in [0.717, 1.165) is 12.2 Å². The second kappa shape index (κ2) is 8.03. The smallest absolute Gasteiger partial charge is 0.124 e. The fourth-order valence-electron chi connectivity index (χ4n) is 2.48. The first-order valence-electron chi connectivity index (χ1n) is 7.09. The summed E-state index contributed by atoms with van der Waals surface area (Å²) in [6.07, 6.45) is 1.44. The van der Waals surface area contributed by atoms with Crippen LogP contribution in [0.25, 0.3) is 5.69 Å². The van der Waals surface area contributed by atoms with Crippen molar-refractivity contribution in [3.05, 3.63) is 40.9 Å². The summed E-state index contributed by atoms with van der Waals surface area (Å²) in [5.74, 6) is -0.180. The molecule has 3 N–H and O–H groups in total. The quantitative estimate of drug-likeness (QED) is 0.744. The average Bonchev–Trinajstić information content (AvgIpc) is 3.09. The van der Waals surface area contributed by atoms with Crippen molar-refractivity contribution in [3.8, 4) is 5.69 Å². The first-order chi connectivity index (χ1) is 10.6. The van der Waals surface area contributed by atoms with Gasteiger partial charge in [0, 0.05) is 32.1 Å². The molecule has 2 atom stereocenters. The van der Waals surface area contributed by atoms with Crippen LogP contribution >= 0.6 is 24.0 Å². The van der Waals surface area contributed by atoms with E-state index in [1.807, 2.05) is 0 Å². The lowest BCUT2D eigenvalue weighted by Crippen LogP contribution is -2.30. The van der Waals surface area contributed by atoms with Gasteiger partial charge in [0.05, 0.1) is 28.7 Å². The van der Waals surface area contributed by atoms with E-state index >= 15 is 0 Å². The zero-order valence-electron chi connectivity index (χ0n) is 12.2. The SMILES string of the molecule is Cl.OC1CNCC1CNCc1cn(-c2ccc(F)cc2Cl)nn1. The summed E-state index contributed by atoms with van der Waals surface area (Å²) in [4.78, 5) is 0.